The largest absolute Gasteiger partial charge is 0.492 e. The Kier molecular flexibility index (Phi) is 3.88. The molecule has 0 aliphatic carbocycles. The van der Waals surface area contributed by atoms with E-state index in [4.69, 9.17) is 15.9 Å². The molecule has 0 spiro atoms. The molecular weight excluding hydrogens is 251 g/mol. The molecule has 0 fully saturated rings. The summed E-state index contributed by atoms with van der Waals surface area (Å²) in [5.41, 5.74) is 5.14. The first-order valence-corrected chi connectivity index (χ1v) is 4.79. The molecule has 3 nitrogen and oxygen atoms in total. The van der Waals surface area contributed by atoms with Crippen LogP contribution in [0.25, 0.3) is 0 Å². The van der Waals surface area contributed by atoms with Crippen molar-refractivity contribution in [2.75, 3.05) is 6.61 Å². The maximum Gasteiger partial charge on any atom is 0.136 e. The van der Waals surface area contributed by atoms with Crippen LogP contribution in [0, 0.1) is 11.2 Å². The molecule has 3 N–H and O–H groups in total. The highest BCUT2D eigenvalue weighted by atomic mass is 79.9. The molecule has 1 aromatic rings. The van der Waals surface area contributed by atoms with Crippen molar-refractivity contribution in [3.05, 3.63) is 28.5 Å². The van der Waals surface area contributed by atoms with E-state index in [1.165, 1.54) is 12.1 Å². The van der Waals surface area contributed by atoms with Gasteiger partial charge in [0, 0.05) is 12.5 Å². The fraction of sp³-hybridized carbons (Fsp3) is 0.222. The third kappa shape index (κ3) is 3.33. The van der Waals surface area contributed by atoms with Gasteiger partial charge in [-0.3, -0.25) is 5.41 Å². The van der Waals surface area contributed by atoms with Crippen LogP contribution < -0.4 is 10.5 Å². The fourth-order valence-corrected chi connectivity index (χ4v) is 1.22. The van der Waals surface area contributed by atoms with Gasteiger partial charge < -0.3 is 10.5 Å². The number of hydrogen-bond donors (Lipinski definition) is 2. The van der Waals surface area contributed by atoms with Crippen molar-refractivity contribution in [1.29, 1.82) is 5.41 Å². The quantitative estimate of drug-likeness (QED) is 0.645. The monoisotopic (exact) mass is 260 g/mol. The smallest absolute Gasteiger partial charge is 0.136 e. The SMILES string of the molecule is N=C(N)CCOc1cc(F)ccc1Br. The Morgan fingerprint density at radius 1 is 1.57 bits per heavy atom. The maximum atomic E-state index is 12.8. The third-order valence-corrected chi connectivity index (χ3v) is 2.18. The minimum atomic E-state index is -0.356. The van der Waals surface area contributed by atoms with Crippen molar-refractivity contribution < 1.29 is 9.13 Å². The lowest BCUT2D eigenvalue weighted by atomic mass is 10.3. The minimum Gasteiger partial charge on any atom is -0.492 e. The van der Waals surface area contributed by atoms with E-state index in [9.17, 15) is 4.39 Å². The first-order chi connectivity index (χ1) is 6.59. The zero-order valence-electron chi connectivity index (χ0n) is 7.39. The molecule has 1 rings (SSSR count). The van der Waals surface area contributed by atoms with E-state index in [1.54, 1.807) is 6.07 Å². The van der Waals surface area contributed by atoms with Gasteiger partial charge >= 0.3 is 0 Å². The van der Waals surface area contributed by atoms with Crippen LogP contribution in [0.5, 0.6) is 5.75 Å². The van der Waals surface area contributed by atoms with Gasteiger partial charge in [-0.1, -0.05) is 0 Å². The van der Waals surface area contributed by atoms with Crippen LogP contribution in [0.4, 0.5) is 4.39 Å². The predicted molar refractivity (Wildman–Crippen MR) is 56.1 cm³/mol. The molecule has 0 aliphatic rings. The molecule has 0 bridgehead atoms. The summed E-state index contributed by atoms with van der Waals surface area (Å²) in [4.78, 5) is 0. The second kappa shape index (κ2) is 4.95. The topological polar surface area (TPSA) is 59.1 Å². The van der Waals surface area contributed by atoms with Gasteiger partial charge in [-0.25, -0.2) is 4.39 Å². The zero-order chi connectivity index (χ0) is 10.6. The molecule has 0 amide bonds. The van der Waals surface area contributed by atoms with E-state index in [2.05, 4.69) is 15.9 Å². The van der Waals surface area contributed by atoms with E-state index < -0.39 is 0 Å². The van der Waals surface area contributed by atoms with Gasteiger partial charge in [0.1, 0.15) is 11.6 Å². The third-order valence-electron chi connectivity index (χ3n) is 1.52. The number of halogens is 2. The lowest BCUT2D eigenvalue weighted by Crippen LogP contribution is -2.13. The predicted octanol–water partition coefficient (Wildman–Crippen LogP) is 2.29. The number of benzene rings is 1. The van der Waals surface area contributed by atoms with Crippen LogP contribution in [0.15, 0.2) is 22.7 Å². The van der Waals surface area contributed by atoms with Crippen LogP contribution in [0.3, 0.4) is 0 Å². The van der Waals surface area contributed by atoms with Crippen molar-refractivity contribution in [1.82, 2.24) is 0 Å². The molecule has 14 heavy (non-hydrogen) atoms. The average Bonchev–Trinajstić information content (AvgIpc) is 2.10. The highest BCUT2D eigenvalue weighted by Gasteiger charge is 2.02. The minimum absolute atomic E-state index is 0.0533. The molecule has 0 aromatic heterocycles. The van der Waals surface area contributed by atoms with Gasteiger partial charge in [-0.15, -0.1) is 0 Å². The Hall–Kier alpha value is -1.10. The average molecular weight is 261 g/mol. The summed E-state index contributed by atoms with van der Waals surface area (Å²) >= 11 is 3.22. The van der Waals surface area contributed by atoms with Gasteiger partial charge in [0.05, 0.1) is 16.9 Å². The van der Waals surface area contributed by atoms with Crippen molar-refractivity contribution >= 4 is 21.8 Å². The van der Waals surface area contributed by atoms with Crippen molar-refractivity contribution in [3.63, 3.8) is 0 Å². The summed E-state index contributed by atoms with van der Waals surface area (Å²) in [5, 5.41) is 6.97. The maximum absolute atomic E-state index is 12.8. The number of rotatable bonds is 4. The molecule has 0 saturated carbocycles. The van der Waals surface area contributed by atoms with E-state index >= 15 is 0 Å². The molecule has 0 saturated heterocycles. The first kappa shape index (κ1) is 11.0. The Labute approximate surface area is 89.7 Å². The molecule has 0 atom stereocenters. The molecular formula is C9H10BrFN2O. The first-order valence-electron chi connectivity index (χ1n) is 4.00. The molecule has 1 aromatic carbocycles. The number of hydrogen-bond acceptors (Lipinski definition) is 2. The van der Waals surface area contributed by atoms with E-state index in [1.807, 2.05) is 0 Å². The summed E-state index contributed by atoms with van der Waals surface area (Å²) in [5.74, 6) is 0.120. The van der Waals surface area contributed by atoms with Gasteiger partial charge in [0.15, 0.2) is 0 Å². The zero-order valence-corrected chi connectivity index (χ0v) is 8.97. The molecule has 0 heterocycles. The summed E-state index contributed by atoms with van der Waals surface area (Å²) in [6.45, 7) is 0.275. The fourth-order valence-electron chi connectivity index (χ4n) is 0.859. The van der Waals surface area contributed by atoms with Crippen LogP contribution in [0.1, 0.15) is 6.42 Å². The molecule has 0 unspecified atom stereocenters. The normalized spacial score (nSPS) is 9.86. The van der Waals surface area contributed by atoms with Gasteiger partial charge in [0.2, 0.25) is 0 Å². The number of ether oxygens (including phenoxy) is 1. The van der Waals surface area contributed by atoms with Crippen molar-refractivity contribution in [3.8, 4) is 5.75 Å². The number of amidine groups is 1. The van der Waals surface area contributed by atoms with E-state index in [-0.39, 0.29) is 18.3 Å². The lowest BCUT2D eigenvalue weighted by molar-refractivity contribution is 0.325. The summed E-state index contributed by atoms with van der Waals surface area (Å²) in [6, 6.07) is 4.19. The Balaban J connectivity index is 2.57. The van der Waals surface area contributed by atoms with Crippen molar-refractivity contribution in [2.24, 2.45) is 5.73 Å². The standard InChI is InChI=1S/C9H10BrFN2O/c10-7-2-1-6(11)5-8(7)14-4-3-9(12)13/h1-2,5H,3-4H2,(H3,12,13). The van der Waals surface area contributed by atoms with Crippen LogP contribution in [-0.4, -0.2) is 12.4 Å². The van der Waals surface area contributed by atoms with Gasteiger partial charge in [0.25, 0.3) is 0 Å². The van der Waals surface area contributed by atoms with Crippen LogP contribution in [-0.2, 0) is 0 Å². The van der Waals surface area contributed by atoms with Crippen molar-refractivity contribution in [2.45, 2.75) is 6.42 Å². The summed E-state index contributed by atoms with van der Waals surface area (Å²) in [6.07, 6.45) is 0.336. The summed E-state index contributed by atoms with van der Waals surface area (Å²) in [7, 11) is 0. The van der Waals surface area contributed by atoms with E-state index in [0.717, 1.165) is 0 Å². The Morgan fingerprint density at radius 3 is 2.93 bits per heavy atom. The van der Waals surface area contributed by atoms with E-state index in [0.29, 0.717) is 16.6 Å². The summed E-state index contributed by atoms with van der Waals surface area (Å²) < 4.78 is 18.7. The highest BCUT2D eigenvalue weighted by molar-refractivity contribution is 9.10. The molecule has 5 heteroatoms. The Morgan fingerprint density at radius 2 is 2.29 bits per heavy atom. The lowest BCUT2D eigenvalue weighted by Gasteiger charge is -2.07. The second-order valence-electron chi connectivity index (χ2n) is 2.70. The number of nitrogens with one attached hydrogen (secondary N) is 1. The van der Waals surface area contributed by atoms with Crippen LogP contribution in [0.2, 0.25) is 0 Å². The Bertz CT molecular complexity index is 344. The van der Waals surface area contributed by atoms with Gasteiger partial charge in [-0.05, 0) is 28.1 Å². The molecule has 76 valence electrons. The second-order valence-corrected chi connectivity index (χ2v) is 3.55. The number of nitrogens with two attached hydrogens (primary N) is 1. The highest BCUT2D eigenvalue weighted by Crippen LogP contribution is 2.25. The van der Waals surface area contributed by atoms with Gasteiger partial charge in [-0.2, -0.15) is 0 Å². The molecule has 0 radical (unpaired) electrons. The molecule has 0 aliphatic heterocycles. The van der Waals surface area contributed by atoms with Crippen LogP contribution >= 0.6 is 15.9 Å².